The highest BCUT2D eigenvalue weighted by molar-refractivity contribution is 5.95. The molecule has 0 spiro atoms. The fourth-order valence-corrected chi connectivity index (χ4v) is 2.96. The molecule has 0 bridgehead atoms. The summed E-state index contributed by atoms with van der Waals surface area (Å²) in [7, 11) is 1.63. The number of aryl methyl sites for hydroxylation is 2. The Morgan fingerprint density at radius 2 is 1.55 bits per heavy atom. The highest BCUT2D eigenvalue weighted by Crippen LogP contribution is 2.42. The lowest BCUT2D eigenvalue weighted by molar-refractivity contribution is -0.286. The lowest BCUT2D eigenvalue weighted by Gasteiger charge is -2.17. The number of carbonyl (C=O) groups excluding carboxylic acids is 2. The van der Waals surface area contributed by atoms with Crippen LogP contribution in [-0.4, -0.2) is 43.1 Å². The van der Waals surface area contributed by atoms with Crippen LogP contribution in [0, 0.1) is 13.8 Å². The number of nitrogens with zero attached hydrogens (tertiary/aromatic N) is 1. The Balaban J connectivity index is 1.51. The maximum absolute atomic E-state index is 13.1. The van der Waals surface area contributed by atoms with Gasteiger partial charge in [-0.3, -0.25) is 14.5 Å². The predicted molar refractivity (Wildman–Crippen MR) is 103 cm³/mol. The summed E-state index contributed by atoms with van der Waals surface area (Å²) >= 11 is 0. The molecule has 0 fully saturated rings. The van der Waals surface area contributed by atoms with E-state index in [4.69, 9.17) is 0 Å². The summed E-state index contributed by atoms with van der Waals surface area (Å²) in [5.41, 5.74) is 2.94. The normalized spacial score (nSPS) is 14.0. The van der Waals surface area contributed by atoms with Crippen LogP contribution in [0.3, 0.4) is 0 Å². The molecular weight excluding hydrogens is 384 g/mol. The Morgan fingerprint density at radius 1 is 0.966 bits per heavy atom. The Kier molecular flexibility index (Phi) is 5.69. The second-order valence-electron chi connectivity index (χ2n) is 6.86. The summed E-state index contributed by atoms with van der Waals surface area (Å²) in [6, 6.07) is 9.68. The number of para-hydroxylation sites is 1. The number of alkyl halides is 2. The molecule has 9 heteroatoms. The molecule has 2 amide bonds. The average Bonchev–Trinajstić information content (AvgIpc) is 2.91. The number of amides is 2. The van der Waals surface area contributed by atoms with Gasteiger partial charge in [0.1, 0.15) is 0 Å². The molecule has 0 radical (unpaired) electrons. The lowest BCUT2D eigenvalue weighted by Crippen LogP contribution is -2.36. The van der Waals surface area contributed by atoms with Crippen molar-refractivity contribution in [1.82, 2.24) is 4.90 Å². The molecule has 0 atom stereocenters. The lowest BCUT2D eigenvalue weighted by atomic mass is 10.1. The van der Waals surface area contributed by atoms with E-state index in [0.717, 1.165) is 16.8 Å². The molecule has 0 saturated carbocycles. The van der Waals surface area contributed by atoms with E-state index in [1.165, 1.54) is 18.2 Å². The van der Waals surface area contributed by atoms with Crippen molar-refractivity contribution in [2.75, 3.05) is 30.8 Å². The van der Waals surface area contributed by atoms with Gasteiger partial charge < -0.3 is 20.1 Å². The van der Waals surface area contributed by atoms with Gasteiger partial charge in [-0.25, -0.2) is 0 Å². The quantitative estimate of drug-likeness (QED) is 0.772. The third-order valence-electron chi connectivity index (χ3n) is 4.26. The standard InChI is InChI=1S/C20H21F2N3O4/c1-12-5-4-6-13(2)19(12)24-18(27)11-25(3)10-17(26)23-14-7-8-15-16(9-14)29-20(21,22)28-15/h4-9H,10-11H2,1-3H3,(H,23,26)(H,24,27). The van der Waals surface area contributed by atoms with Crippen LogP contribution in [0.4, 0.5) is 20.2 Å². The zero-order chi connectivity index (χ0) is 21.2. The Hall–Kier alpha value is -3.20. The molecule has 3 rings (SSSR count). The molecule has 0 aliphatic carbocycles. The second kappa shape index (κ2) is 8.04. The molecule has 1 heterocycles. The number of nitrogens with one attached hydrogen (secondary N) is 2. The summed E-state index contributed by atoms with van der Waals surface area (Å²) in [4.78, 5) is 26.0. The number of carbonyl (C=O) groups is 2. The van der Waals surface area contributed by atoms with Crippen molar-refractivity contribution in [2.24, 2.45) is 0 Å². The van der Waals surface area contributed by atoms with Crippen LogP contribution < -0.4 is 20.1 Å². The number of benzene rings is 2. The van der Waals surface area contributed by atoms with Crippen molar-refractivity contribution in [3.63, 3.8) is 0 Å². The van der Waals surface area contributed by atoms with Crippen LogP contribution in [0.15, 0.2) is 36.4 Å². The summed E-state index contributed by atoms with van der Waals surface area (Å²) in [5.74, 6) is -0.913. The first-order valence-electron chi connectivity index (χ1n) is 8.87. The van der Waals surface area contributed by atoms with E-state index in [0.29, 0.717) is 0 Å². The van der Waals surface area contributed by atoms with Gasteiger partial charge in [0, 0.05) is 17.4 Å². The van der Waals surface area contributed by atoms with Crippen molar-refractivity contribution < 1.29 is 27.8 Å². The number of fused-ring (bicyclic) bond motifs is 1. The number of likely N-dealkylation sites (N-methyl/N-ethyl adjacent to an activating group) is 1. The largest absolute Gasteiger partial charge is 0.586 e. The van der Waals surface area contributed by atoms with Crippen molar-refractivity contribution in [3.05, 3.63) is 47.5 Å². The Bertz CT molecular complexity index is 929. The third-order valence-corrected chi connectivity index (χ3v) is 4.26. The zero-order valence-electron chi connectivity index (χ0n) is 16.2. The van der Waals surface area contributed by atoms with Crippen LogP contribution >= 0.6 is 0 Å². The molecule has 154 valence electrons. The molecule has 2 aromatic rings. The zero-order valence-corrected chi connectivity index (χ0v) is 16.2. The first-order valence-corrected chi connectivity index (χ1v) is 8.87. The summed E-state index contributed by atoms with van der Waals surface area (Å²) in [6.45, 7) is 3.75. The second-order valence-corrected chi connectivity index (χ2v) is 6.86. The van der Waals surface area contributed by atoms with Crippen LogP contribution in [0.2, 0.25) is 0 Å². The van der Waals surface area contributed by atoms with Gasteiger partial charge in [0.25, 0.3) is 0 Å². The molecule has 2 aromatic carbocycles. The number of hydrogen-bond donors (Lipinski definition) is 2. The summed E-state index contributed by atoms with van der Waals surface area (Å²) in [6.07, 6.45) is -3.71. The predicted octanol–water partition coefficient (Wildman–Crippen LogP) is 3.13. The minimum Gasteiger partial charge on any atom is -0.395 e. The number of hydrogen-bond acceptors (Lipinski definition) is 5. The van der Waals surface area contributed by atoms with Crippen LogP contribution in [0.25, 0.3) is 0 Å². The molecule has 0 unspecified atom stereocenters. The van der Waals surface area contributed by atoms with Gasteiger partial charge in [0.2, 0.25) is 11.8 Å². The fraction of sp³-hybridized carbons (Fsp3) is 0.300. The van der Waals surface area contributed by atoms with E-state index in [2.05, 4.69) is 20.1 Å². The number of halogens is 2. The fourth-order valence-electron chi connectivity index (χ4n) is 2.96. The molecule has 2 N–H and O–H groups in total. The van der Waals surface area contributed by atoms with Gasteiger partial charge in [-0.15, -0.1) is 8.78 Å². The van der Waals surface area contributed by atoms with Gasteiger partial charge in [-0.2, -0.15) is 0 Å². The molecular formula is C20H21F2N3O4. The van der Waals surface area contributed by atoms with Gasteiger partial charge in [0.05, 0.1) is 13.1 Å². The monoisotopic (exact) mass is 405 g/mol. The van der Waals surface area contributed by atoms with Crippen molar-refractivity contribution >= 4 is 23.2 Å². The van der Waals surface area contributed by atoms with E-state index in [1.807, 2.05) is 32.0 Å². The molecule has 1 aliphatic heterocycles. The smallest absolute Gasteiger partial charge is 0.395 e. The first kappa shape index (κ1) is 20.5. The van der Waals surface area contributed by atoms with Crippen LogP contribution in [0.5, 0.6) is 11.5 Å². The number of anilines is 2. The summed E-state index contributed by atoms with van der Waals surface area (Å²) < 4.78 is 34.8. The third kappa shape index (κ3) is 5.20. The topological polar surface area (TPSA) is 79.9 Å². The van der Waals surface area contributed by atoms with Crippen LogP contribution in [-0.2, 0) is 9.59 Å². The van der Waals surface area contributed by atoms with Crippen LogP contribution in [0.1, 0.15) is 11.1 Å². The minimum atomic E-state index is -3.71. The van der Waals surface area contributed by atoms with Gasteiger partial charge in [-0.1, -0.05) is 18.2 Å². The molecule has 1 aliphatic rings. The maximum atomic E-state index is 13.1. The highest BCUT2D eigenvalue weighted by Gasteiger charge is 2.43. The van der Waals surface area contributed by atoms with Gasteiger partial charge in [-0.05, 0) is 44.2 Å². The first-order chi connectivity index (χ1) is 13.6. The number of rotatable bonds is 6. The van der Waals surface area contributed by atoms with E-state index in [9.17, 15) is 18.4 Å². The van der Waals surface area contributed by atoms with E-state index < -0.39 is 12.2 Å². The maximum Gasteiger partial charge on any atom is 0.586 e. The van der Waals surface area contributed by atoms with Crippen molar-refractivity contribution in [3.8, 4) is 11.5 Å². The molecule has 0 aromatic heterocycles. The SMILES string of the molecule is Cc1cccc(C)c1NC(=O)CN(C)CC(=O)Nc1ccc2c(c1)OC(F)(F)O2. The van der Waals surface area contributed by atoms with Gasteiger partial charge in [0.15, 0.2) is 11.5 Å². The average molecular weight is 405 g/mol. The van der Waals surface area contributed by atoms with E-state index in [-0.39, 0.29) is 36.2 Å². The molecule has 7 nitrogen and oxygen atoms in total. The van der Waals surface area contributed by atoms with Crippen molar-refractivity contribution in [2.45, 2.75) is 20.1 Å². The van der Waals surface area contributed by atoms with Gasteiger partial charge >= 0.3 is 6.29 Å². The van der Waals surface area contributed by atoms with E-state index in [1.54, 1.807) is 11.9 Å². The van der Waals surface area contributed by atoms with Crippen molar-refractivity contribution in [1.29, 1.82) is 0 Å². The summed E-state index contributed by atoms with van der Waals surface area (Å²) in [5, 5.41) is 5.43. The Labute approximate surface area is 166 Å². The van der Waals surface area contributed by atoms with E-state index >= 15 is 0 Å². The minimum absolute atomic E-state index is 0.00849. The highest BCUT2D eigenvalue weighted by atomic mass is 19.3. The molecule has 0 saturated heterocycles. The number of ether oxygens (including phenoxy) is 2. The molecule has 29 heavy (non-hydrogen) atoms. The Morgan fingerprint density at radius 3 is 2.21 bits per heavy atom.